The zero-order chi connectivity index (χ0) is 21.7. The van der Waals surface area contributed by atoms with Crippen molar-refractivity contribution in [2.75, 3.05) is 17.1 Å². The number of sulfonamides is 1. The van der Waals surface area contributed by atoms with E-state index in [9.17, 15) is 18.0 Å². The topological polar surface area (TPSA) is 102 Å². The summed E-state index contributed by atoms with van der Waals surface area (Å²) in [7, 11) is -2.54. The smallest absolute Gasteiger partial charge is 0.339 e. The molecular weight excluding hydrogens is 428 g/mol. The fourth-order valence-electron chi connectivity index (χ4n) is 2.59. The molecule has 0 spiro atoms. The normalized spacial score (nSPS) is 10.9. The summed E-state index contributed by atoms with van der Waals surface area (Å²) in [5, 5.41) is 3.08. The van der Waals surface area contributed by atoms with Crippen LogP contribution in [-0.4, -0.2) is 27.4 Å². The molecule has 0 atom stereocenters. The highest BCUT2D eigenvalue weighted by Crippen LogP contribution is 2.20. The number of rotatable bonds is 6. The maximum absolute atomic E-state index is 12.5. The third kappa shape index (κ3) is 4.97. The summed E-state index contributed by atoms with van der Waals surface area (Å²) in [6.07, 6.45) is 0. The van der Waals surface area contributed by atoms with Crippen LogP contribution in [0.2, 0.25) is 5.02 Å². The molecule has 3 rings (SSSR count). The van der Waals surface area contributed by atoms with Gasteiger partial charge in [0.2, 0.25) is 0 Å². The zero-order valence-corrected chi connectivity index (χ0v) is 17.3. The van der Waals surface area contributed by atoms with E-state index < -0.39 is 21.9 Å². The summed E-state index contributed by atoms with van der Waals surface area (Å²) in [6, 6.07) is 18.1. The minimum Gasteiger partial charge on any atom is -0.465 e. The summed E-state index contributed by atoms with van der Waals surface area (Å²) in [5.74, 6) is -1.03. The van der Waals surface area contributed by atoms with E-state index in [4.69, 9.17) is 16.3 Å². The van der Waals surface area contributed by atoms with Crippen molar-refractivity contribution in [2.24, 2.45) is 0 Å². The Kier molecular flexibility index (Phi) is 6.39. The Morgan fingerprint density at radius 1 is 0.900 bits per heavy atom. The van der Waals surface area contributed by atoms with Crippen molar-refractivity contribution in [1.82, 2.24) is 0 Å². The fourth-order valence-corrected chi connectivity index (χ4v) is 3.78. The molecular formula is C21H17ClN2O5S. The van der Waals surface area contributed by atoms with Gasteiger partial charge in [-0.25, -0.2) is 13.2 Å². The molecule has 30 heavy (non-hydrogen) atoms. The quantitative estimate of drug-likeness (QED) is 0.555. The van der Waals surface area contributed by atoms with Crippen LogP contribution in [0.5, 0.6) is 0 Å². The molecule has 7 nitrogen and oxygen atoms in total. The van der Waals surface area contributed by atoms with E-state index in [1.165, 1.54) is 61.7 Å². The maximum Gasteiger partial charge on any atom is 0.339 e. The number of esters is 1. The lowest BCUT2D eigenvalue weighted by Gasteiger charge is -2.11. The van der Waals surface area contributed by atoms with Crippen LogP contribution in [0, 0.1) is 0 Å². The van der Waals surface area contributed by atoms with Gasteiger partial charge in [0.1, 0.15) is 0 Å². The van der Waals surface area contributed by atoms with Crippen molar-refractivity contribution in [3.63, 3.8) is 0 Å². The summed E-state index contributed by atoms with van der Waals surface area (Å²) in [4.78, 5) is 24.4. The molecule has 0 aromatic heterocycles. The average molecular weight is 445 g/mol. The van der Waals surface area contributed by atoms with Gasteiger partial charge in [0.05, 0.1) is 23.3 Å². The first kappa shape index (κ1) is 21.4. The molecule has 0 heterocycles. The van der Waals surface area contributed by atoms with Crippen molar-refractivity contribution in [3.05, 3.63) is 88.9 Å². The second kappa shape index (κ2) is 8.98. The van der Waals surface area contributed by atoms with Crippen LogP contribution in [0.3, 0.4) is 0 Å². The number of hydrogen-bond acceptors (Lipinski definition) is 5. The molecule has 2 N–H and O–H groups in total. The Hall–Kier alpha value is -3.36. The van der Waals surface area contributed by atoms with Crippen molar-refractivity contribution < 1.29 is 22.7 Å². The van der Waals surface area contributed by atoms with Gasteiger partial charge in [0.15, 0.2) is 0 Å². The van der Waals surface area contributed by atoms with E-state index in [1.54, 1.807) is 18.2 Å². The number of ether oxygens (including phenoxy) is 1. The molecule has 0 fully saturated rings. The second-order valence-electron chi connectivity index (χ2n) is 6.13. The number of amides is 1. The minimum atomic E-state index is -3.79. The van der Waals surface area contributed by atoms with Crippen LogP contribution in [-0.2, 0) is 14.8 Å². The molecule has 3 aromatic rings. The number of benzene rings is 3. The van der Waals surface area contributed by atoms with Crippen molar-refractivity contribution in [1.29, 1.82) is 0 Å². The number of carbonyl (C=O) groups excluding carboxylic acids is 2. The van der Waals surface area contributed by atoms with Crippen LogP contribution >= 0.6 is 11.6 Å². The number of hydrogen-bond donors (Lipinski definition) is 2. The molecule has 3 aromatic carbocycles. The number of methoxy groups -OCH3 is 1. The van der Waals surface area contributed by atoms with Gasteiger partial charge in [-0.1, -0.05) is 23.7 Å². The van der Waals surface area contributed by atoms with Crippen molar-refractivity contribution in [2.45, 2.75) is 4.90 Å². The largest absolute Gasteiger partial charge is 0.465 e. The van der Waals surface area contributed by atoms with Crippen LogP contribution in [0.15, 0.2) is 77.7 Å². The van der Waals surface area contributed by atoms with E-state index in [1.807, 2.05) is 0 Å². The monoisotopic (exact) mass is 444 g/mol. The summed E-state index contributed by atoms with van der Waals surface area (Å²) < 4.78 is 32.0. The summed E-state index contributed by atoms with van der Waals surface area (Å²) >= 11 is 5.78. The third-order valence-corrected chi connectivity index (χ3v) is 5.75. The Labute approximate surface area is 178 Å². The van der Waals surface area contributed by atoms with Crippen LogP contribution in [0.25, 0.3) is 0 Å². The SMILES string of the molecule is COC(=O)c1ccccc1NC(=O)c1ccc(NS(=O)(=O)c2ccc(Cl)cc2)cc1. The van der Waals surface area contributed by atoms with E-state index in [0.717, 1.165) is 0 Å². The Morgan fingerprint density at radius 2 is 1.53 bits per heavy atom. The highest BCUT2D eigenvalue weighted by atomic mass is 35.5. The Balaban J connectivity index is 1.74. The first-order valence-corrected chi connectivity index (χ1v) is 10.5. The predicted octanol–water partition coefficient (Wildman–Crippen LogP) is 4.18. The van der Waals surface area contributed by atoms with Gasteiger partial charge in [-0.15, -0.1) is 0 Å². The van der Waals surface area contributed by atoms with Gasteiger partial charge >= 0.3 is 5.97 Å². The lowest BCUT2D eigenvalue weighted by Crippen LogP contribution is -2.16. The van der Waals surface area contributed by atoms with E-state index in [2.05, 4.69) is 10.0 Å². The molecule has 1 amide bonds. The van der Waals surface area contributed by atoms with Gasteiger partial charge in [0.25, 0.3) is 15.9 Å². The minimum absolute atomic E-state index is 0.0631. The molecule has 0 aliphatic heterocycles. The van der Waals surface area contributed by atoms with Crippen LogP contribution in [0.1, 0.15) is 20.7 Å². The molecule has 0 aliphatic carbocycles. The second-order valence-corrected chi connectivity index (χ2v) is 8.25. The van der Waals surface area contributed by atoms with Gasteiger partial charge in [-0.2, -0.15) is 0 Å². The molecule has 0 saturated carbocycles. The molecule has 0 radical (unpaired) electrons. The Bertz CT molecular complexity index is 1180. The van der Waals surface area contributed by atoms with Gasteiger partial charge in [-0.05, 0) is 60.7 Å². The number of para-hydroxylation sites is 1. The standard InChI is InChI=1S/C21H17ClN2O5S/c1-29-21(26)18-4-2-3-5-19(18)23-20(25)14-6-10-16(11-7-14)24-30(27,28)17-12-8-15(22)9-13-17/h2-13,24H,1H3,(H,23,25). The predicted molar refractivity (Wildman–Crippen MR) is 114 cm³/mol. The first-order chi connectivity index (χ1) is 14.3. The van der Waals surface area contributed by atoms with Gasteiger partial charge < -0.3 is 10.1 Å². The zero-order valence-electron chi connectivity index (χ0n) is 15.8. The van der Waals surface area contributed by atoms with Crippen molar-refractivity contribution >= 4 is 44.9 Å². The lowest BCUT2D eigenvalue weighted by molar-refractivity contribution is 0.0602. The highest BCUT2D eigenvalue weighted by molar-refractivity contribution is 7.92. The molecule has 0 aliphatic rings. The summed E-state index contributed by atoms with van der Waals surface area (Å²) in [6.45, 7) is 0. The van der Waals surface area contributed by atoms with Gasteiger partial charge in [0, 0.05) is 16.3 Å². The maximum atomic E-state index is 12.5. The van der Waals surface area contributed by atoms with Gasteiger partial charge in [-0.3, -0.25) is 9.52 Å². The Morgan fingerprint density at radius 3 is 2.17 bits per heavy atom. The first-order valence-electron chi connectivity index (χ1n) is 8.67. The summed E-state index contributed by atoms with van der Waals surface area (Å²) in [5.41, 5.74) is 1.10. The number of anilines is 2. The number of nitrogens with one attached hydrogen (secondary N) is 2. The molecule has 154 valence electrons. The average Bonchev–Trinajstić information content (AvgIpc) is 2.74. The molecule has 0 saturated heterocycles. The molecule has 0 unspecified atom stereocenters. The van der Waals surface area contributed by atoms with Crippen molar-refractivity contribution in [3.8, 4) is 0 Å². The fraction of sp³-hybridized carbons (Fsp3) is 0.0476. The molecule has 0 bridgehead atoms. The van der Waals surface area contributed by atoms with Crippen LogP contribution < -0.4 is 10.0 Å². The number of carbonyl (C=O) groups is 2. The lowest BCUT2D eigenvalue weighted by atomic mass is 10.1. The van der Waals surface area contributed by atoms with E-state index in [-0.39, 0.29) is 21.7 Å². The number of halogens is 1. The highest BCUT2D eigenvalue weighted by Gasteiger charge is 2.16. The van der Waals surface area contributed by atoms with E-state index in [0.29, 0.717) is 10.7 Å². The van der Waals surface area contributed by atoms with E-state index >= 15 is 0 Å². The third-order valence-electron chi connectivity index (χ3n) is 4.10. The molecule has 9 heteroatoms. The van der Waals surface area contributed by atoms with Crippen LogP contribution in [0.4, 0.5) is 11.4 Å².